The van der Waals surface area contributed by atoms with E-state index in [2.05, 4.69) is 54.4 Å². The standard InChI is InChI=1S/C15H24N2O/c1-15(2)13-17(10-11-18-15)9-8-16-12-14-6-4-3-5-7-14/h3-7,16H,8-13H2,1-2H3. The number of benzene rings is 1. The summed E-state index contributed by atoms with van der Waals surface area (Å²) in [4.78, 5) is 2.47. The molecule has 0 amide bonds. The Bertz CT molecular complexity index is 351. The normalized spacial score (nSPS) is 19.9. The van der Waals surface area contributed by atoms with E-state index < -0.39 is 0 Å². The van der Waals surface area contributed by atoms with Gasteiger partial charge in [-0.2, -0.15) is 0 Å². The van der Waals surface area contributed by atoms with Crippen LogP contribution in [0.4, 0.5) is 0 Å². The van der Waals surface area contributed by atoms with Gasteiger partial charge in [0.25, 0.3) is 0 Å². The van der Waals surface area contributed by atoms with Crippen molar-refractivity contribution in [3.8, 4) is 0 Å². The summed E-state index contributed by atoms with van der Waals surface area (Å²) in [7, 11) is 0. The van der Waals surface area contributed by atoms with Gasteiger partial charge in [0.15, 0.2) is 0 Å². The van der Waals surface area contributed by atoms with Crippen molar-refractivity contribution in [1.29, 1.82) is 0 Å². The highest BCUT2D eigenvalue weighted by molar-refractivity contribution is 5.14. The van der Waals surface area contributed by atoms with Gasteiger partial charge in [0.1, 0.15) is 0 Å². The van der Waals surface area contributed by atoms with Gasteiger partial charge in [-0.3, -0.25) is 4.90 Å². The van der Waals surface area contributed by atoms with Crippen molar-refractivity contribution in [2.24, 2.45) is 0 Å². The minimum absolute atomic E-state index is 0.0116. The maximum atomic E-state index is 5.71. The summed E-state index contributed by atoms with van der Waals surface area (Å²) in [6.07, 6.45) is 0. The summed E-state index contributed by atoms with van der Waals surface area (Å²) >= 11 is 0. The highest BCUT2D eigenvalue weighted by Gasteiger charge is 2.26. The van der Waals surface area contributed by atoms with Crippen LogP contribution in [0.25, 0.3) is 0 Å². The quantitative estimate of drug-likeness (QED) is 0.805. The molecular weight excluding hydrogens is 224 g/mol. The molecule has 1 saturated heterocycles. The lowest BCUT2D eigenvalue weighted by molar-refractivity contribution is -0.0854. The molecule has 0 aromatic heterocycles. The zero-order chi connectivity index (χ0) is 12.8. The van der Waals surface area contributed by atoms with Gasteiger partial charge in [0.2, 0.25) is 0 Å². The fourth-order valence-electron chi connectivity index (χ4n) is 2.37. The summed E-state index contributed by atoms with van der Waals surface area (Å²) in [6, 6.07) is 10.5. The average Bonchev–Trinajstić information content (AvgIpc) is 2.35. The van der Waals surface area contributed by atoms with Crippen LogP contribution in [0.15, 0.2) is 30.3 Å². The minimum Gasteiger partial charge on any atom is -0.373 e. The Labute approximate surface area is 110 Å². The fraction of sp³-hybridized carbons (Fsp3) is 0.600. The Balaban J connectivity index is 1.64. The number of rotatable bonds is 5. The number of hydrogen-bond donors (Lipinski definition) is 1. The highest BCUT2D eigenvalue weighted by atomic mass is 16.5. The van der Waals surface area contributed by atoms with E-state index in [0.717, 1.165) is 39.3 Å². The Morgan fingerprint density at radius 3 is 2.78 bits per heavy atom. The second-order valence-corrected chi connectivity index (χ2v) is 5.55. The number of morpholine rings is 1. The monoisotopic (exact) mass is 248 g/mol. The van der Waals surface area contributed by atoms with Crippen molar-refractivity contribution in [3.63, 3.8) is 0 Å². The molecule has 0 radical (unpaired) electrons. The molecule has 0 saturated carbocycles. The van der Waals surface area contributed by atoms with Gasteiger partial charge in [-0.15, -0.1) is 0 Å². The molecule has 1 N–H and O–H groups in total. The molecule has 18 heavy (non-hydrogen) atoms. The minimum atomic E-state index is 0.0116. The Morgan fingerprint density at radius 2 is 2.06 bits per heavy atom. The maximum absolute atomic E-state index is 5.71. The molecule has 0 bridgehead atoms. The molecular formula is C15H24N2O. The molecule has 1 aliphatic rings. The van der Waals surface area contributed by atoms with Gasteiger partial charge in [0, 0.05) is 32.7 Å². The highest BCUT2D eigenvalue weighted by Crippen LogP contribution is 2.15. The Hall–Kier alpha value is -0.900. The molecule has 0 spiro atoms. The summed E-state index contributed by atoms with van der Waals surface area (Å²) in [5.41, 5.74) is 1.36. The topological polar surface area (TPSA) is 24.5 Å². The van der Waals surface area contributed by atoms with Crippen molar-refractivity contribution in [2.75, 3.05) is 32.8 Å². The average molecular weight is 248 g/mol. The summed E-state index contributed by atoms with van der Waals surface area (Å²) in [5, 5.41) is 3.49. The van der Waals surface area contributed by atoms with Crippen LogP contribution in [0, 0.1) is 0 Å². The first-order chi connectivity index (χ1) is 8.66. The van der Waals surface area contributed by atoms with Gasteiger partial charge < -0.3 is 10.1 Å². The van der Waals surface area contributed by atoms with Crippen LogP contribution in [0.3, 0.4) is 0 Å². The van der Waals surface area contributed by atoms with Crippen LogP contribution < -0.4 is 5.32 Å². The molecule has 0 aliphatic carbocycles. The van der Waals surface area contributed by atoms with E-state index in [9.17, 15) is 0 Å². The number of nitrogens with zero attached hydrogens (tertiary/aromatic N) is 1. The lowest BCUT2D eigenvalue weighted by Crippen LogP contribution is -2.49. The summed E-state index contributed by atoms with van der Waals surface area (Å²) < 4.78 is 5.71. The van der Waals surface area contributed by atoms with E-state index in [4.69, 9.17) is 4.74 Å². The molecule has 3 heteroatoms. The predicted molar refractivity (Wildman–Crippen MR) is 74.6 cm³/mol. The molecule has 1 aromatic carbocycles. The van der Waals surface area contributed by atoms with E-state index in [1.807, 2.05) is 0 Å². The molecule has 0 unspecified atom stereocenters. The fourth-order valence-corrected chi connectivity index (χ4v) is 2.37. The molecule has 1 aromatic rings. The molecule has 100 valence electrons. The van der Waals surface area contributed by atoms with Crippen molar-refractivity contribution >= 4 is 0 Å². The molecule has 0 atom stereocenters. The lowest BCUT2D eigenvalue weighted by Gasteiger charge is -2.38. The van der Waals surface area contributed by atoms with Crippen molar-refractivity contribution in [3.05, 3.63) is 35.9 Å². The molecule has 1 aliphatic heterocycles. The zero-order valence-corrected chi connectivity index (χ0v) is 11.5. The Kier molecular flexibility index (Phi) is 4.75. The third-order valence-electron chi connectivity index (χ3n) is 3.28. The maximum Gasteiger partial charge on any atom is 0.0753 e. The summed E-state index contributed by atoms with van der Waals surface area (Å²) in [5.74, 6) is 0. The second kappa shape index (κ2) is 6.32. The van der Waals surface area contributed by atoms with Crippen LogP contribution in [0.5, 0.6) is 0 Å². The second-order valence-electron chi connectivity index (χ2n) is 5.55. The first-order valence-corrected chi connectivity index (χ1v) is 6.77. The van der Waals surface area contributed by atoms with E-state index in [1.54, 1.807) is 0 Å². The zero-order valence-electron chi connectivity index (χ0n) is 11.5. The van der Waals surface area contributed by atoms with Crippen LogP contribution >= 0.6 is 0 Å². The summed E-state index contributed by atoms with van der Waals surface area (Å²) in [6.45, 7) is 10.3. The number of hydrogen-bond acceptors (Lipinski definition) is 3. The third-order valence-corrected chi connectivity index (χ3v) is 3.28. The van der Waals surface area contributed by atoms with E-state index in [-0.39, 0.29) is 5.60 Å². The number of nitrogens with one attached hydrogen (secondary N) is 1. The molecule has 3 nitrogen and oxygen atoms in total. The number of ether oxygens (including phenoxy) is 1. The molecule has 1 fully saturated rings. The van der Waals surface area contributed by atoms with E-state index in [0.29, 0.717) is 0 Å². The van der Waals surface area contributed by atoms with Crippen molar-refractivity contribution in [2.45, 2.75) is 26.0 Å². The van der Waals surface area contributed by atoms with Crippen LogP contribution in [0.2, 0.25) is 0 Å². The van der Waals surface area contributed by atoms with Gasteiger partial charge in [-0.05, 0) is 19.4 Å². The molecule has 1 heterocycles. The third kappa shape index (κ3) is 4.41. The van der Waals surface area contributed by atoms with Crippen molar-refractivity contribution in [1.82, 2.24) is 10.2 Å². The molecule has 2 rings (SSSR count). The predicted octanol–water partition coefficient (Wildman–Crippen LogP) is 1.89. The largest absolute Gasteiger partial charge is 0.373 e. The first kappa shape index (κ1) is 13.5. The first-order valence-electron chi connectivity index (χ1n) is 6.77. The van der Waals surface area contributed by atoms with Gasteiger partial charge in [0.05, 0.1) is 12.2 Å². The van der Waals surface area contributed by atoms with Gasteiger partial charge in [-0.25, -0.2) is 0 Å². The van der Waals surface area contributed by atoms with Gasteiger partial charge >= 0.3 is 0 Å². The van der Waals surface area contributed by atoms with E-state index >= 15 is 0 Å². The Morgan fingerprint density at radius 1 is 1.28 bits per heavy atom. The van der Waals surface area contributed by atoms with Crippen LogP contribution in [0.1, 0.15) is 19.4 Å². The van der Waals surface area contributed by atoms with Crippen LogP contribution in [-0.2, 0) is 11.3 Å². The lowest BCUT2D eigenvalue weighted by atomic mass is 10.1. The SMILES string of the molecule is CC1(C)CN(CCNCc2ccccc2)CCO1. The van der Waals surface area contributed by atoms with E-state index in [1.165, 1.54) is 5.56 Å². The van der Waals surface area contributed by atoms with Crippen molar-refractivity contribution < 1.29 is 4.74 Å². The smallest absolute Gasteiger partial charge is 0.0753 e. The van der Waals surface area contributed by atoms with Crippen LogP contribution in [-0.4, -0.2) is 43.3 Å². The van der Waals surface area contributed by atoms with Gasteiger partial charge in [-0.1, -0.05) is 30.3 Å².